The summed E-state index contributed by atoms with van der Waals surface area (Å²) >= 11 is 5.16. The molecule has 0 radical (unpaired) electrons. The lowest BCUT2D eigenvalue weighted by molar-refractivity contribution is -0.114. The summed E-state index contributed by atoms with van der Waals surface area (Å²) in [5.41, 5.74) is 5.45. The van der Waals surface area contributed by atoms with E-state index in [-0.39, 0.29) is 5.91 Å². The molecular formula is C32H29BrN4O2S. The second-order valence-electron chi connectivity index (χ2n) is 9.29. The maximum absolute atomic E-state index is 11.4. The Bertz CT molecular complexity index is 1640. The van der Waals surface area contributed by atoms with Gasteiger partial charge in [-0.05, 0) is 78.7 Å². The van der Waals surface area contributed by atoms with Crippen LogP contribution in [0.15, 0.2) is 105 Å². The van der Waals surface area contributed by atoms with E-state index in [1.165, 1.54) is 6.92 Å². The molecule has 8 heteroatoms. The van der Waals surface area contributed by atoms with Gasteiger partial charge >= 0.3 is 0 Å². The third-order valence-electron chi connectivity index (χ3n) is 6.08. The molecular weight excluding hydrogens is 584 g/mol. The topological polar surface area (TPSA) is 76.1 Å². The minimum Gasteiger partial charge on any atom is -0.489 e. The third kappa shape index (κ3) is 7.20. The molecule has 1 amide bonds. The molecule has 5 aromatic rings. The number of rotatable bonds is 10. The van der Waals surface area contributed by atoms with Crippen LogP contribution in [0.5, 0.6) is 5.75 Å². The maximum Gasteiger partial charge on any atom is 0.221 e. The van der Waals surface area contributed by atoms with Gasteiger partial charge < -0.3 is 15.4 Å². The van der Waals surface area contributed by atoms with Gasteiger partial charge in [0.2, 0.25) is 5.91 Å². The van der Waals surface area contributed by atoms with Gasteiger partial charge in [-0.15, -0.1) is 0 Å². The van der Waals surface area contributed by atoms with E-state index in [0.29, 0.717) is 6.61 Å². The van der Waals surface area contributed by atoms with E-state index >= 15 is 0 Å². The van der Waals surface area contributed by atoms with E-state index in [1.807, 2.05) is 60.7 Å². The number of pyridine rings is 2. The van der Waals surface area contributed by atoms with Crippen molar-refractivity contribution in [2.24, 2.45) is 0 Å². The molecule has 40 heavy (non-hydrogen) atoms. The van der Waals surface area contributed by atoms with Crippen molar-refractivity contribution in [1.29, 1.82) is 0 Å². The Labute approximate surface area is 246 Å². The predicted molar refractivity (Wildman–Crippen MR) is 167 cm³/mol. The number of aryl methyl sites for hydroxylation is 1. The molecule has 0 atom stereocenters. The van der Waals surface area contributed by atoms with E-state index in [2.05, 4.69) is 62.7 Å². The number of carbonyl (C=O) groups is 1. The highest BCUT2D eigenvalue weighted by atomic mass is 79.9. The van der Waals surface area contributed by atoms with Crippen molar-refractivity contribution in [3.05, 3.63) is 107 Å². The monoisotopic (exact) mass is 612 g/mol. The Morgan fingerprint density at radius 1 is 0.975 bits per heavy atom. The Morgan fingerprint density at radius 2 is 1.82 bits per heavy atom. The molecule has 0 fully saturated rings. The molecule has 0 spiro atoms. The predicted octanol–water partition coefficient (Wildman–Crippen LogP) is 8.78. The molecule has 6 nitrogen and oxygen atoms in total. The van der Waals surface area contributed by atoms with Crippen molar-refractivity contribution in [3.8, 4) is 5.75 Å². The lowest BCUT2D eigenvalue weighted by Crippen LogP contribution is -2.05. The Balaban J connectivity index is 1.45. The van der Waals surface area contributed by atoms with Crippen LogP contribution in [0.4, 0.5) is 17.1 Å². The SMILES string of the molecule is CCCc1ccc2c(Nc3cc(OCc4cccc(Br)c4)ccc3Sc3ccc(NC(C)=O)cc3)ccnc2n1. The number of amides is 1. The normalized spacial score (nSPS) is 10.9. The molecule has 5 rings (SSSR count). The fraction of sp³-hybridized carbons (Fsp3) is 0.156. The molecule has 0 bridgehead atoms. The number of nitrogens with one attached hydrogen (secondary N) is 2. The summed E-state index contributed by atoms with van der Waals surface area (Å²) < 4.78 is 7.20. The van der Waals surface area contributed by atoms with Crippen molar-refractivity contribution < 1.29 is 9.53 Å². The number of ether oxygens (including phenoxy) is 1. The summed E-state index contributed by atoms with van der Waals surface area (Å²) in [6.45, 7) is 4.11. The number of fused-ring (bicyclic) bond motifs is 1. The highest BCUT2D eigenvalue weighted by Crippen LogP contribution is 2.38. The highest BCUT2D eigenvalue weighted by Gasteiger charge is 2.12. The van der Waals surface area contributed by atoms with Crippen LogP contribution in [0.25, 0.3) is 11.0 Å². The van der Waals surface area contributed by atoms with E-state index in [1.54, 1.807) is 18.0 Å². The fourth-order valence-corrected chi connectivity index (χ4v) is 5.56. The van der Waals surface area contributed by atoms with Crippen LogP contribution in [-0.2, 0) is 17.8 Å². The fourth-order valence-electron chi connectivity index (χ4n) is 4.23. The number of anilines is 3. The minimum absolute atomic E-state index is 0.0915. The number of halogens is 1. The van der Waals surface area contributed by atoms with Gasteiger partial charge in [0.1, 0.15) is 12.4 Å². The van der Waals surface area contributed by atoms with Gasteiger partial charge in [-0.3, -0.25) is 4.79 Å². The van der Waals surface area contributed by atoms with E-state index in [9.17, 15) is 4.79 Å². The average Bonchev–Trinajstić information content (AvgIpc) is 2.94. The van der Waals surface area contributed by atoms with Crippen molar-refractivity contribution in [2.75, 3.05) is 10.6 Å². The molecule has 202 valence electrons. The summed E-state index contributed by atoms with van der Waals surface area (Å²) in [6, 6.07) is 28.1. The first-order chi connectivity index (χ1) is 19.5. The van der Waals surface area contributed by atoms with Gasteiger partial charge in [-0.1, -0.05) is 53.2 Å². The number of carbonyl (C=O) groups excluding carboxylic acids is 1. The average molecular weight is 614 g/mol. The van der Waals surface area contributed by atoms with Crippen LogP contribution in [0.1, 0.15) is 31.5 Å². The Morgan fingerprint density at radius 3 is 2.60 bits per heavy atom. The number of hydrogen-bond acceptors (Lipinski definition) is 6. The highest BCUT2D eigenvalue weighted by molar-refractivity contribution is 9.10. The summed E-state index contributed by atoms with van der Waals surface area (Å²) in [5.74, 6) is 0.667. The van der Waals surface area contributed by atoms with Crippen LogP contribution in [-0.4, -0.2) is 15.9 Å². The van der Waals surface area contributed by atoms with Gasteiger partial charge in [0.15, 0.2) is 5.65 Å². The third-order valence-corrected chi connectivity index (χ3v) is 7.66. The standard InChI is InChI=1S/C32H29BrN4O2S/c1-3-5-24-10-14-28-29(16-17-34-32(28)36-24)37-30-19-26(39-20-22-6-4-7-23(33)18-22)11-15-31(30)40-27-12-8-25(9-13-27)35-21(2)38/h4,6-19H,3,5,20H2,1-2H3,(H,35,38)(H,34,36,37). The van der Waals surface area contributed by atoms with E-state index < -0.39 is 0 Å². The second-order valence-corrected chi connectivity index (χ2v) is 11.3. The Hall–Kier alpha value is -3.88. The first-order valence-corrected chi connectivity index (χ1v) is 14.7. The van der Waals surface area contributed by atoms with Gasteiger partial charge in [0.25, 0.3) is 0 Å². The lowest BCUT2D eigenvalue weighted by Gasteiger charge is -2.16. The molecule has 2 aromatic heterocycles. The summed E-state index contributed by atoms with van der Waals surface area (Å²) in [5, 5.41) is 7.40. The largest absolute Gasteiger partial charge is 0.489 e. The quantitative estimate of drug-likeness (QED) is 0.164. The van der Waals surface area contributed by atoms with Crippen LogP contribution in [0.3, 0.4) is 0 Å². The first kappa shape index (κ1) is 27.7. The maximum atomic E-state index is 11.4. The van der Waals surface area contributed by atoms with E-state index in [0.717, 1.165) is 72.2 Å². The molecule has 0 aliphatic rings. The number of hydrogen-bond donors (Lipinski definition) is 2. The number of benzene rings is 3. The van der Waals surface area contributed by atoms with Crippen LogP contribution in [0, 0.1) is 0 Å². The summed E-state index contributed by atoms with van der Waals surface area (Å²) in [6.07, 6.45) is 3.75. The first-order valence-electron chi connectivity index (χ1n) is 13.1. The zero-order valence-corrected chi connectivity index (χ0v) is 24.7. The van der Waals surface area contributed by atoms with Gasteiger partial charge in [-0.25, -0.2) is 9.97 Å². The smallest absolute Gasteiger partial charge is 0.221 e. The van der Waals surface area contributed by atoms with Crippen molar-refractivity contribution in [2.45, 2.75) is 43.1 Å². The van der Waals surface area contributed by atoms with Gasteiger partial charge in [0.05, 0.1) is 11.4 Å². The zero-order valence-electron chi connectivity index (χ0n) is 22.3. The molecule has 0 aliphatic heterocycles. The summed E-state index contributed by atoms with van der Waals surface area (Å²) in [4.78, 5) is 22.8. The molecule has 0 saturated heterocycles. The second kappa shape index (κ2) is 13.0. The van der Waals surface area contributed by atoms with Crippen molar-refractivity contribution in [1.82, 2.24) is 9.97 Å². The molecule has 3 aromatic carbocycles. The molecule has 2 heterocycles. The number of aromatic nitrogens is 2. The van der Waals surface area contributed by atoms with Crippen LogP contribution >= 0.6 is 27.7 Å². The minimum atomic E-state index is -0.0915. The molecule has 0 saturated carbocycles. The summed E-state index contributed by atoms with van der Waals surface area (Å²) in [7, 11) is 0. The van der Waals surface area contributed by atoms with Crippen LogP contribution in [0.2, 0.25) is 0 Å². The van der Waals surface area contributed by atoms with Crippen LogP contribution < -0.4 is 15.4 Å². The molecule has 0 unspecified atom stereocenters. The van der Waals surface area contributed by atoms with Gasteiger partial charge in [-0.2, -0.15) is 0 Å². The van der Waals surface area contributed by atoms with Gasteiger partial charge in [0, 0.05) is 50.2 Å². The van der Waals surface area contributed by atoms with Crippen molar-refractivity contribution in [3.63, 3.8) is 0 Å². The van der Waals surface area contributed by atoms with Crippen molar-refractivity contribution >= 4 is 61.7 Å². The van der Waals surface area contributed by atoms with E-state index in [4.69, 9.17) is 9.72 Å². The number of nitrogens with zero attached hydrogens (tertiary/aromatic N) is 2. The molecule has 0 aliphatic carbocycles. The zero-order chi connectivity index (χ0) is 27.9. The Kier molecular flexibility index (Phi) is 8.98. The lowest BCUT2D eigenvalue weighted by atomic mass is 10.2. The molecule has 2 N–H and O–H groups in total.